The summed E-state index contributed by atoms with van der Waals surface area (Å²) in [6.45, 7) is 7.80. The van der Waals surface area contributed by atoms with Crippen molar-refractivity contribution in [2.75, 3.05) is 34.9 Å². The Morgan fingerprint density at radius 2 is 0.941 bits per heavy atom. The van der Waals surface area contributed by atoms with Gasteiger partial charge < -0.3 is 19.1 Å². The second-order valence-corrected chi connectivity index (χ2v) is 16.0. The Morgan fingerprint density at radius 3 is 1.33 bits per heavy atom. The third-order valence-corrected chi connectivity index (χ3v) is 9.54. The number of hydrogen-bond acceptors (Lipinski definition) is 7. The van der Waals surface area contributed by atoms with Gasteiger partial charge >= 0.3 is 17.9 Å². The minimum absolute atomic E-state index is 0.0128. The molecule has 1 unspecified atom stereocenters. The van der Waals surface area contributed by atoms with Crippen LogP contribution in [0, 0.1) is 11.3 Å². The summed E-state index contributed by atoms with van der Waals surface area (Å²) in [7, 11) is 7.12. The summed E-state index contributed by atoms with van der Waals surface area (Å²) in [4.78, 5) is 37.6. The highest BCUT2D eigenvalue weighted by atomic mass is 16.5. The predicted octanol–water partition coefficient (Wildman–Crippen LogP) is 11.7. The largest absolute Gasteiger partial charge is 0.469 e. The number of carbonyl (C=O) groups is 3. The van der Waals surface area contributed by atoms with Crippen molar-refractivity contribution in [2.24, 2.45) is 11.3 Å². The topological polar surface area (TPSA) is 82.1 Å². The number of rotatable bonds is 35. The molecule has 0 N–H and O–H groups in total. The van der Waals surface area contributed by atoms with Crippen LogP contribution in [0.1, 0.15) is 188 Å². The zero-order chi connectivity index (χ0) is 38.0. The van der Waals surface area contributed by atoms with Crippen LogP contribution >= 0.6 is 0 Å². The van der Waals surface area contributed by atoms with Gasteiger partial charge in [0.05, 0.1) is 14.2 Å². The zero-order valence-electron chi connectivity index (χ0n) is 34.5. The number of methoxy groups -OCH3 is 2. The summed E-state index contributed by atoms with van der Waals surface area (Å²) in [6, 6.07) is 0. The van der Waals surface area contributed by atoms with E-state index in [2.05, 4.69) is 73.5 Å². The fourth-order valence-corrected chi connectivity index (χ4v) is 7.14. The van der Waals surface area contributed by atoms with Crippen molar-refractivity contribution in [3.8, 4) is 0 Å². The molecule has 0 spiro atoms. The van der Waals surface area contributed by atoms with Crippen LogP contribution in [0.25, 0.3) is 0 Å². The van der Waals surface area contributed by atoms with E-state index in [-0.39, 0.29) is 29.4 Å². The van der Waals surface area contributed by atoms with Crippen LogP contribution in [-0.2, 0) is 28.6 Å². The third kappa shape index (κ3) is 34.7. The minimum Gasteiger partial charge on any atom is -0.469 e. The number of esters is 3. The first kappa shape index (κ1) is 48.9. The number of carbonyl (C=O) groups excluding carboxylic acids is 3. The summed E-state index contributed by atoms with van der Waals surface area (Å²) in [5.74, 6) is 0.0744. The molecule has 0 aromatic heterocycles. The first-order chi connectivity index (χ1) is 24.5. The molecule has 0 saturated heterocycles. The van der Waals surface area contributed by atoms with Gasteiger partial charge in [0, 0.05) is 25.8 Å². The van der Waals surface area contributed by atoms with Gasteiger partial charge in [-0.25, -0.2) is 0 Å². The molecular formula is C44H81NO6. The van der Waals surface area contributed by atoms with Crippen LogP contribution < -0.4 is 0 Å². The smallest absolute Gasteiger partial charge is 0.306 e. The summed E-state index contributed by atoms with van der Waals surface area (Å²) in [5.41, 5.74) is 0.175. The second-order valence-electron chi connectivity index (χ2n) is 16.0. The van der Waals surface area contributed by atoms with E-state index in [1.165, 1.54) is 78.4 Å². The number of unbranched alkanes of at least 4 members (excludes halogenated alkanes) is 16. The molecule has 0 heterocycles. The molecular weight excluding hydrogens is 638 g/mol. The van der Waals surface area contributed by atoms with E-state index in [9.17, 15) is 14.4 Å². The van der Waals surface area contributed by atoms with Crippen LogP contribution in [0.2, 0.25) is 0 Å². The van der Waals surface area contributed by atoms with E-state index in [1.807, 2.05) is 0 Å². The third-order valence-electron chi connectivity index (χ3n) is 9.54. The van der Waals surface area contributed by atoms with Gasteiger partial charge in [0.25, 0.3) is 0 Å². The molecule has 0 rings (SSSR count). The fourth-order valence-electron chi connectivity index (χ4n) is 7.14. The lowest BCUT2D eigenvalue weighted by molar-refractivity contribution is -0.151. The Balaban J connectivity index is 4.36. The fraction of sp³-hybridized carbons (Fsp3) is 0.841. The Kier molecular flexibility index (Phi) is 32.3. The molecule has 1 atom stereocenters. The standard InChI is InChI=1S/C44H81NO6/c1-39(37-44(2,3)38-45(4)5)36-43(48)51-40(32-28-24-20-16-12-8-10-14-18-22-26-30-34-41(46)49-6)33-29-25-21-17-13-9-11-15-19-23-27-31-35-42(47)50-7/h14-15,18-19,39-40H,8-13,16-17,20-38H2,1-7H3/b18-14-,19-15-. The zero-order valence-corrected chi connectivity index (χ0v) is 34.5. The number of allylic oxidation sites excluding steroid dienone is 4. The lowest BCUT2D eigenvalue weighted by Crippen LogP contribution is -2.31. The normalized spacial score (nSPS) is 12.7. The van der Waals surface area contributed by atoms with Crippen molar-refractivity contribution in [1.29, 1.82) is 0 Å². The molecule has 7 nitrogen and oxygen atoms in total. The van der Waals surface area contributed by atoms with Crippen LogP contribution in [0.5, 0.6) is 0 Å². The van der Waals surface area contributed by atoms with Crippen molar-refractivity contribution < 1.29 is 28.6 Å². The highest BCUT2D eigenvalue weighted by Crippen LogP contribution is 2.28. The van der Waals surface area contributed by atoms with Gasteiger partial charge in [0.2, 0.25) is 0 Å². The molecule has 0 bridgehead atoms. The average Bonchev–Trinajstić information content (AvgIpc) is 3.06. The SMILES string of the molecule is COC(=O)CCCC/C=C\CCCCCCCCC(CCCCCCCC/C=C\CCCCC(=O)OC)OC(=O)CC(C)CC(C)(C)CN(C)C. The Morgan fingerprint density at radius 1 is 0.569 bits per heavy atom. The quantitative estimate of drug-likeness (QED) is 0.0279. The van der Waals surface area contributed by atoms with Gasteiger partial charge in [-0.3, -0.25) is 14.4 Å². The maximum Gasteiger partial charge on any atom is 0.306 e. The molecule has 0 aliphatic rings. The summed E-state index contributed by atoms with van der Waals surface area (Å²) >= 11 is 0. The second kappa shape index (κ2) is 33.7. The van der Waals surface area contributed by atoms with Crippen LogP contribution in [0.4, 0.5) is 0 Å². The van der Waals surface area contributed by atoms with Gasteiger partial charge in [-0.15, -0.1) is 0 Å². The number of hydrogen-bond donors (Lipinski definition) is 0. The maximum absolute atomic E-state index is 13.0. The molecule has 0 fully saturated rings. The number of nitrogens with zero attached hydrogens (tertiary/aromatic N) is 1. The molecule has 51 heavy (non-hydrogen) atoms. The predicted molar refractivity (Wildman–Crippen MR) is 214 cm³/mol. The van der Waals surface area contributed by atoms with Gasteiger partial charge in [-0.1, -0.05) is 96.4 Å². The van der Waals surface area contributed by atoms with Gasteiger partial charge in [0.15, 0.2) is 0 Å². The van der Waals surface area contributed by atoms with E-state index >= 15 is 0 Å². The lowest BCUT2D eigenvalue weighted by atomic mass is 9.82. The van der Waals surface area contributed by atoms with E-state index in [0.29, 0.717) is 25.2 Å². The molecule has 0 aromatic rings. The van der Waals surface area contributed by atoms with Crippen molar-refractivity contribution in [3.63, 3.8) is 0 Å². The van der Waals surface area contributed by atoms with Gasteiger partial charge in [0.1, 0.15) is 6.10 Å². The highest BCUT2D eigenvalue weighted by Gasteiger charge is 2.24. The minimum atomic E-state index is -0.114. The van der Waals surface area contributed by atoms with Crippen LogP contribution in [-0.4, -0.2) is 63.8 Å². The van der Waals surface area contributed by atoms with Crippen LogP contribution in [0.15, 0.2) is 24.3 Å². The van der Waals surface area contributed by atoms with Crippen molar-refractivity contribution >= 4 is 17.9 Å². The molecule has 7 heteroatoms. The number of ether oxygens (including phenoxy) is 3. The Hall–Kier alpha value is -2.15. The summed E-state index contributed by atoms with van der Waals surface area (Å²) in [5, 5.41) is 0. The van der Waals surface area contributed by atoms with Gasteiger partial charge in [-0.2, -0.15) is 0 Å². The van der Waals surface area contributed by atoms with E-state index in [1.54, 1.807) is 0 Å². The van der Waals surface area contributed by atoms with Crippen molar-refractivity contribution in [2.45, 2.75) is 194 Å². The lowest BCUT2D eigenvalue weighted by Gasteiger charge is -2.31. The summed E-state index contributed by atoms with van der Waals surface area (Å²) < 4.78 is 15.5. The molecule has 0 aromatic carbocycles. The Labute approximate surface area is 315 Å². The maximum atomic E-state index is 13.0. The van der Waals surface area contributed by atoms with E-state index in [0.717, 1.165) is 90.0 Å². The molecule has 0 aliphatic heterocycles. The molecule has 0 radical (unpaired) electrons. The molecule has 0 saturated carbocycles. The molecule has 298 valence electrons. The first-order valence-corrected chi connectivity index (χ1v) is 20.8. The molecule has 0 aliphatic carbocycles. The Bertz CT molecular complexity index is 861. The highest BCUT2D eigenvalue weighted by molar-refractivity contribution is 5.70. The molecule has 0 amide bonds. The van der Waals surface area contributed by atoms with Gasteiger partial charge in [-0.05, 0) is 122 Å². The van der Waals surface area contributed by atoms with Crippen molar-refractivity contribution in [3.05, 3.63) is 24.3 Å². The van der Waals surface area contributed by atoms with E-state index < -0.39 is 0 Å². The van der Waals surface area contributed by atoms with Crippen molar-refractivity contribution in [1.82, 2.24) is 4.90 Å². The summed E-state index contributed by atoms with van der Waals surface area (Å²) in [6.07, 6.45) is 36.6. The van der Waals surface area contributed by atoms with E-state index in [4.69, 9.17) is 4.74 Å². The average molecular weight is 720 g/mol. The monoisotopic (exact) mass is 720 g/mol. The first-order valence-electron chi connectivity index (χ1n) is 20.8. The van der Waals surface area contributed by atoms with Crippen LogP contribution in [0.3, 0.4) is 0 Å².